The van der Waals surface area contributed by atoms with Gasteiger partial charge in [-0.15, -0.1) is 0 Å². The molecule has 0 radical (unpaired) electrons. The van der Waals surface area contributed by atoms with E-state index in [1.54, 1.807) is 16.7 Å². The summed E-state index contributed by atoms with van der Waals surface area (Å²) in [5.74, 6) is 0.952. The lowest BCUT2D eigenvalue weighted by molar-refractivity contribution is 0.115. The Morgan fingerprint density at radius 1 is 1.47 bits per heavy atom. The lowest BCUT2D eigenvalue weighted by Crippen LogP contribution is -2.48. The van der Waals surface area contributed by atoms with Gasteiger partial charge < -0.3 is 15.3 Å². The molecule has 1 saturated carbocycles. The van der Waals surface area contributed by atoms with E-state index in [0.29, 0.717) is 0 Å². The average Bonchev–Trinajstić information content (AvgIpc) is 2.31. The normalized spacial score (nSPS) is 26.4. The molecule has 0 heterocycles. The molecule has 0 aliphatic heterocycles. The van der Waals surface area contributed by atoms with Gasteiger partial charge in [0.15, 0.2) is 0 Å². The number of nitrogens with zero attached hydrogens (tertiary/aromatic N) is 1. The van der Waals surface area contributed by atoms with Crippen LogP contribution in [-0.2, 0) is 0 Å². The smallest absolute Gasteiger partial charge is 0.317 e. The minimum Gasteiger partial charge on any atom is -0.393 e. The number of carbonyl (C=O) groups is 1. The Hall–Kier alpha value is -0.420. The van der Waals surface area contributed by atoms with Crippen molar-refractivity contribution in [1.29, 1.82) is 0 Å². The van der Waals surface area contributed by atoms with Gasteiger partial charge in [0, 0.05) is 24.9 Å². The quantitative estimate of drug-likeness (QED) is 0.808. The van der Waals surface area contributed by atoms with Gasteiger partial charge in [-0.25, -0.2) is 4.79 Å². The van der Waals surface area contributed by atoms with Crippen LogP contribution in [0.1, 0.15) is 32.6 Å². The molecule has 1 atom stereocenters. The van der Waals surface area contributed by atoms with E-state index in [1.807, 2.05) is 13.3 Å². The predicted molar refractivity (Wildman–Crippen MR) is 72.4 cm³/mol. The van der Waals surface area contributed by atoms with Crippen LogP contribution < -0.4 is 5.32 Å². The zero-order valence-electron chi connectivity index (χ0n) is 11.0. The number of urea groups is 1. The number of aliphatic hydroxyl groups excluding tert-OH is 1. The lowest BCUT2D eigenvalue weighted by Gasteiger charge is -2.30. The molecule has 4 nitrogen and oxygen atoms in total. The number of aliphatic hydroxyl groups is 1. The van der Waals surface area contributed by atoms with E-state index in [-0.39, 0.29) is 24.2 Å². The highest BCUT2D eigenvalue weighted by atomic mass is 32.2. The van der Waals surface area contributed by atoms with Crippen LogP contribution in [0, 0.1) is 0 Å². The first kappa shape index (κ1) is 14.6. The molecule has 100 valence electrons. The molecule has 17 heavy (non-hydrogen) atoms. The maximum Gasteiger partial charge on any atom is 0.317 e. The van der Waals surface area contributed by atoms with Gasteiger partial charge >= 0.3 is 6.03 Å². The summed E-state index contributed by atoms with van der Waals surface area (Å²) < 4.78 is 0. The predicted octanol–water partition coefficient (Wildman–Crippen LogP) is 1.68. The molecule has 1 fully saturated rings. The van der Waals surface area contributed by atoms with E-state index in [9.17, 15) is 9.90 Å². The number of amides is 2. The second-order valence-electron chi connectivity index (χ2n) is 4.87. The zero-order chi connectivity index (χ0) is 12.8. The van der Waals surface area contributed by atoms with Crippen molar-refractivity contribution >= 4 is 17.8 Å². The SMILES string of the molecule is CSCC(C)N(C)C(=O)NC1CCC(O)CC1. The molecule has 1 aliphatic carbocycles. The van der Waals surface area contributed by atoms with Crippen molar-refractivity contribution in [3.63, 3.8) is 0 Å². The average molecular weight is 260 g/mol. The third kappa shape index (κ3) is 4.76. The molecular formula is C12H24N2O2S. The van der Waals surface area contributed by atoms with Crippen molar-refractivity contribution in [2.24, 2.45) is 0 Å². The molecule has 0 aromatic rings. The summed E-state index contributed by atoms with van der Waals surface area (Å²) in [6, 6.07) is 0.488. The van der Waals surface area contributed by atoms with Gasteiger partial charge in [0.2, 0.25) is 0 Å². The number of hydrogen-bond donors (Lipinski definition) is 2. The second-order valence-corrected chi connectivity index (χ2v) is 5.78. The highest BCUT2D eigenvalue weighted by Gasteiger charge is 2.23. The van der Waals surface area contributed by atoms with Gasteiger partial charge in [-0.05, 0) is 38.9 Å². The highest BCUT2D eigenvalue weighted by Crippen LogP contribution is 2.18. The zero-order valence-corrected chi connectivity index (χ0v) is 11.8. The summed E-state index contributed by atoms with van der Waals surface area (Å²) in [6.45, 7) is 2.06. The lowest BCUT2D eigenvalue weighted by atomic mass is 9.93. The summed E-state index contributed by atoms with van der Waals surface area (Å²) in [4.78, 5) is 13.7. The van der Waals surface area contributed by atoms with Gasteiger partial charge in [0.1, 0.15) is 0 Å². The standard InChI is InChI=1S/C12H24N2O2S/c1-9(8-17-3)14(2)12(16)13-10-4-6-11(15)7-5-10/h9-11,15H,4-8H2,1-3H3,(H,13,16). The van der Waals surface area contributed by atoms with Crippen LogP contribution in [0.2, 0.25) is 0 Å². The number of thioether (sulfide) groups is 1. The van der Waals surface area contributed by atoms with Gasteiger partial charge in [0.05, 0.1) is 6.10 Å². The second kappa shape index (κ2) is 7.11. The van der Waals surface area contributed by atoms with Gasteiger partial charge in [0.25, 0.3) is 0 Å². The van der Waals surface area contributed by atoms with E-state index in [0.717, 1.165) is 31.4 Å². The molecule has 0 bridgehead atoms. The molecule has 0 aromatic carbocycles. The van der Waals surface area contributed by atoms with Crippen molar-refractivity contribution in [2.45, 2.75) is 50.8 Å². The highest BCUT2D eigenvalue weighted by molar-refractivity contribution is 7.98. The van der Waals surface area contributed by atoms with Crippen molar-refractivity contribution in [3.05, 3.63) is 0 Å². The Balaban J connectivity index is 2.33. The van der Waals surface area contributed by atoms with E-state index in [2.05, 4.69) is 12.2 Å². The first-order valence-corrected chi connectivity index (χ1v) is 7.64. The molecular weight excluding hydrogens is 236 g/mol. The molecule has 2 amide bonds. The molecule has 2 N–H and O–H groups in total. The van der Waals surface area contributed by atoms with Crippen LogP contribution in [0.3, 0.4) is 0 Å². The number of carbonyl (C=O) groups excluding carboxylic acids is 1. The summed E-state index contributed by atoms with van der Waals surface area (Å²) in [5.41, 5.74) is 0. The fourth-order valence-corrected chi connectivity index (χ4v) is 2.76. The fourth-order valence-electron chi connectivity index (χ4n) is 2.05. The third-order valence-electron chi connectivity index (χ3n) is 3.41. The van der Waals surface area contributed by atoms with E-state index in [1.165, 1.54) is 0 Å². The third-order valence-corrected chi connectivity index (χ3v) is 4.23. The minimum absolute atomic E-state index is 0.00735. The maximum absolute atomic E-state index is 12.0. The molecule has 1 unspecified atom stereocenters. The summed E-state index contributed by atoms with van der Waals surface area (Å²) in [6.07, 6.45) is 5.25. The minimum atomic E-state index is -0.170. The Bertz CT molecular complexity index is 243. The topological polar surface area (TPSA) is 52.6 Å². The molecule has 1 aliphatic rings. The first-order chi connectivity index (χ1) is 8.04. The Kier molecular flexibility index (Phi) is 6.12. The van der Waals surface area contributed by atoms with Crippen LogP contribution in [0.15, 0.2) is 0 Å². The van der Waals surface area contributed by atoms with Crippen molar-refractivity contribution < 1.29 is 9.90 Å². The largest absolute Gasteiger partial charge is 0.393 e. The number of hydrogen-bond acceptors (Lipinski definition) is 3. The Morgan fingerprint density at radius 3 is 2.59 bits per heavy atom. The molecule has 0 spiro atoms. The number of rotatable bonds is 4. The molecule has 1 rings (SSSR count). The van der Waals surface area contributed by atoms with E-state index >= 15 is 0 Å². The molecule has 0 aromatic heterocycles. The van der Waals surface area contributed by atoms with E-state index < -0.39 is 0 Å². The monoisotopic (exact) mass is 260 g/mol. The first-order valence-electron chi connectivity index (χ1n) is 6.25. The van der Waals surface area contributed by atoms with Crippen LogP contribution in [0.4, 0.5) is 4.79 Å². The van der Waals surface area contributed by atoms with E-state index in [4.69, 9.17) is 0 Å². The Labute approximate surface area is 108 Å². The van der Waals surface area contributed by atoms with Crippen molar-refractivity contribution in [3.8, 4) is 0 Å². The molecule has 0 saturated heterocycles. The van der Waals surface area contributed by atoms with Gasteiger partial charge in [-0.1, -0.05) is 0 Å². The fraction of sp³-hybridized carbons (Fsp3) is 0.917. The summed E-state index contributed by atoms with van der Waals surface area (Å²) >= 11 is 1.75. The van der Waals surface area contributed by atoms with Crippen molar-refractivity contribution in [1.82, 2.24) is 10.2 Å². The van der Waals surface area contributed by atoms with Crippen LogP contribution >= 0.6 is 11.8 Å². The summed E-state index contributed by atoms with van der Waals surface area (Å²) in [5, 5.41) is 12.4. The molecule has 5 heteroatoms. The van der Waals surface area contributed by atoms with Crippen molar-refractivity contribution in [2.75, 3.05) is 19.1 Å². The van der Waals surface area contributed by atoms with Gasteiger partial charge in [-0.2, -0.15) is 11.8 Å². The number of nitrogens with one attached hydrogen (secondary N) is 1. The maximum atomic E-state index is 12.0. The van der Waals surface area contributed by atoms with Crippen LogP contribution in [0.5, 0.6) is 0 Å². The summed E-state index contributed by atoms with van der Waals surface area (Å²) in [7, 11) is 1.84. The van der Waals surface area contributed by atoms with Crippen LogP contribution in [-0.4, -0.2) is 53.3 Å². The van der Waals surface area contributed by atoms with Crippen LogP contribution in [0.25, 0.3) is 0 Å². The Morgan fingerprint density at radius 2 is 2.06 bits per heavy atom. The van der Waals surface area contributed by atoms with Gasteiger partial charge in [-0.3, -0.25) is 0 Å².